The molecule has 0 radical (unpaired) electrons. The topological polar surface area (TPSA) is 102 Å². The standard InChI is InChI=1S/C14H14N6O/c15-13-10(7-17-19-13)6-16-14(21)11-8-18-20(9-11)12-4-2-1-3-5-12/h1-5,7-9H,6H2,(H,16,21)(H3,15,17,19). The van der Waals surface area contributed by atoms with Gasteiger partial charge in [-0.25, -0.2) is 4.68 Å². The SMILES string of the molecule is Nc1[nH]ncc1CNC(=O)c1cnn(-c2ccccc2)c1. The number of rotatable bonds is 4. The largest absolute Gasteiger partial charge is 0.384 e. The zero-order valence-corrected chi connectivity index (χ0v) is 11.2. The van der Waals surface area contributed by atoms with Crippen molar-refractivity contribution in [1.82, 2.24) is 25.3 Å². The summed E-state index contributed by atoms with van der Waals surface area (Å²) in [5, 5.41) is 13.4. The van der Waals surface area contributed by atoms with Crippen molar-refractivity contribution in [2.24, 2.45) is 0 Å². The van der Waals surface area contributed by atoms with E-state index in [-0.39, 0.29) is 5.91 Å². The number of hydrogen-bond acceptors (Lipinski definition) is 4. The summed E-state index contributed by atoms with van der Waals surface area (Å²) < 4.78 is 1.65. The minimum atomic E-state index is -0.210. The molecule has 1 amide bonds. The molecule has 2 heterocycles. The lowest BCUT2D eigenvalue weighted by Crippen LogP contribution is -2.22. The molecule has 21 heavy (non-hydrogen) atoms. The summed E-state index contributed by atoms with van der Waals surface area (Å²) in [5.41, 5.74) is 7.79. The highest BCUT2D eigenvalue weighted by Crippen LogP contribution is 2.09. The number of nitrogens with zero attached hydrogens (tertiary/aromatic N) is 3. The van der Waals surface area contributed by atoms with E-state index in [1.807, 2.05) is 30.3 Å². The molecule has 2 aromatic heterocycles. The first kappa shape index (κ1) is 12.9. The van der Waals surface area contributed by atoms with Crippen LogP contribution in [0.15, 0.2) is 48.9 Å². The van der Waals surface area contributed by atoms with Gasteiger partial charge in [0.25, 0.3) is 5.91 Å². The lowest BCUT2D eigenvalue weighted by atomic mass is 10.3. The maximum Gasteiger partial charge on any atom is 0.254 e. The second-order valence-corrected chi connectivity index (χ2v) is 4.50. The summed E-state index contributed by atoms with van der Waals surface area (Å²) in [4.78, 5) is 12.1. The lowest BCUT2D eigenvalue weighted by molar-refractivity contribution is 0.0951. The average molecular weight is 282 g/mol. The number of nitrogens with two attached hydrogens (primary N) is 1. The molecule has 0 spiro atoms. The van der Waals surface area contributed by atoms with Crippen LogP contribution >= 0.6 is 0 Å². The van der Waals surface area contributed by atoms with Crippen molar-refractivity contribution in [3.63, 3.8) is 0 Å². The van der Waals surface area contributed by atoms with Gasteiger partial charge in [-0.05, 0) is 12.1 Å². The number of nitrogens with one attached hydrogen (secondary N) is 2. The average Bonchev–Trinajstić information content (AvgIpc) is 3.15. The van der Waals surface area contributed by atoms with Gasteiger partial charge in [0.2, 0.25) is 0 Å². The Morgan fingerprint density at radius 2 is 2.10 bits per heavy atom. The number of H-pyrrole nitrogens is 1. The van der Waals surface area contributed by atoms with E-state index in [1.54, 1.807) is 17.1 Å². The molecule has 0 aliphatic rings. The fourth-order valence-corrected chi connectivity index (χ4v) is 1.90. The molecule has 0 saturated heterocycles. The third kappa shape index (κ3) is 2.76. The van der Waals surface area contributed by atoms with Crippen LogP contribution in [-0.4, -0.2) is 25.9 Å². The minimum Gasteiger partial charge on any atom is -0.384 e. The first-order valence-electron chi connectivity index (χ1n) is 6.40. The molecule has 7 heteroatoms. The van der Waals surface area contributed by atoms with E-state index in [9.17, 15) is 4.79 Å². The molecule has 0 saturated carbocycles. The summed E-state index contributed by atoms with van der Waals surface area (Å²) in [6.07, 6.45) is 4.80. The number of hydrogen-bond donors (Lipinski definition) is 3. The summed E-state index contributed by atoms with van der Waals surface area (Å²) in [6.45, 7) is 0.317. The van der Waals surface area contributed by atoms with Crippen molar-refractivity contribution in [3.8, 4) is 5.69 Å². The first-order valence-corrected chi connectivity index (χ1v) is 6.40. The minimum absolute atomic E-state index is 0.210. The number of nitrogen functional groups attached to an aromatic ring is 1. The van der Waals surface area contributed by atoms with E-state index < -0.39 is 0 Å². The van der Waals surface area contributed by atoms with E-state index in [4.69, 9.17) is 5.73 Å². The van der Waals surface area contributed by atoms with Gasteiger partial charge in [-0.15, -0.1) is 0 Å². The number of para-hydroxylation sites is 1. The number of carbonyl (C=O) groups is 1. The van der Waals surface area contributed by atoms with Gasteiger partial charge in [0, 0.05) is 18.3 Å². The Kier molecular flexibility index (Phi) is 3.38. The normalized spacial score (nSPS) is 10.5. The van der Waals surface area contributed by atoms with Crippen molar-refractivity contribution in [3.05, 3.63) is 60.0 Å². The molecular formula is C14H14N6O. The van der Waals surface area contributed by atoms with Crippen molar-refractivity contribution in [2.45, 2.75) is 6.54 Å². The van der Waals surface area contributed by atoms with Crippen LogP contribution in [0.4, 0.5) is 5.82 Å². The number of benzene rings is 1. The Balaban J connectivity index is 1.69. The third-order valence-electron chi connectivity index (χ3n) is 3.06. The highest BCUT2D eigenvalue weighted by molar-refractivity contribution is 5.93. The zero-order valence-electron chi connectivity index (χ0n) is 11.2. The Morgan fingerprint density at radius 1 is 1.29 bits per heavy atom. The summed E-state index contributed by atoms with van der Waals surface area (Å²) in [6, 6.07) is 9.59. The van der Waals surface area contributed by atoms with Gasteiger partial charge < -0.3 is 11.1 Å². The fraction of sp³-hybridized carbons (Fsp3) is 0.0714. The number of anilines is 1. The van der Waals surface area contributed by atoms with Crippen LogP contribution in [0.1, 0.15) is 15.9 Å². The highest BCUT2D eigenvalue weighted by atomic mass is 16.1. The zero-order chi connectivity index (χ0) is 14.7. The Bertz CT molecular complexity index is 746. The second kappa shape index (κ2) is 5.49. The molecule has 0 unspecified atom stereocenters. The fourth-order valence-electron chi connectivity index (χ4n) is 1.90. The molecule has 7 nitrogen and oxygen atoms in total. The predicted molar refractivity (Wildman–Crippen MR) is 77.7 cm³/mol. The van der Waals surface area contributed by atoms with Crippen molar-refractivity contribution in [1.29, 1.82) is 0 Å². The van der Waals surface area contributed by atoms with E-state index in [1.165, 1.54) is 6.20 Å². The summed E-state index contributed by atoms with van der Waals surface area (Å²) in [5.74, 6) is 0.244. The lowest BCUT2D eigenvalue weighted by Gasteiger charge is -2.02. The molecule has 3 aromatic rings. The van der Waals surface area contributed by atoms with Crippen LogP contribution in [0.2, 0.25) is 0 Å². The van der Waals surface area contributed by atoms with Crippen molar-refractivity contribution >= 4 is 11.7 Å². The molecular weight excluding hydrogens is 268 g/mol. The summed E-state index contributed by atoms with van der Waals surface area (Å²) in [7, 11) is 0. The molecule has 0 fully saturated rings. The van der Waals surface area contributed by atoms with E-state index >= 15 is 0 Å². The highest BCUT2D eigenvalue weighted by Gasteiger charge is 2.10. The van der Waals surface area contributed by atoms with Crippen molar-refractivity contribution < 1.29 is 4.79 Å². The maximum atomic E-state index is 12.1. The third-order valence-corrected chi connectivity index (χ3v) is 3.06. The Morgan fingerprint density at radius 3 is 2.81 bits per heavy atom. The van der Waals surface area contributed by atoms with Gasteiger partial charge >= 0.3 is 0 Å². The van der Waals surface area contributed by atoms with E-state index in [2.05, 4.69) is 20.6 Å². The molecule has 0 aliphatic heterocycles. The van der Waals surface area contributed by atoms with Crippen LogP contribution < -0.4 is 11.1 Å². The van der Waals surface area contributed by atoms with Gasteiger partial charge in [0.15, 0.2) is 0 Å². The van der Waals surface area contributed by atoms with Gasteiger partial charge in [0.1, 0.15) is 5.82 Å². The second-order valence-electron chi connectivity index (χ2n) is 4.50. The number of aromatic nitrogens is 4. The monoisotopic (exact) mass is 282 g/mol. The van der Waals surface area contributed by atoms with Gasteiger partial charge in [-0.3, -0.25) is 9.89 Å². The van der Waals surface area contributed by atoms with E-state index in [0.29, 0.717) is 17.9 Å². The quantitative estimate of drug-likeness (QED) is 0.667. The van der Waals surface area contributed by atoms with Crippen LogP contribution in [0.3, 0.4) is 0 Å². The first-order chi connectivity index (χ1) is 10.2. The van der Waals surface area contributed by atoms with Crippen LogP contribution in [-0.2, 0) is 6.54 Å². The number of carbonyl (C=O) groups excluding carboxylic acids is 1. The van der Waals surface area contributed by atoms with Crippen LogP contribution in [0, 0.1) is 0 Å². The van der Waals surface area contributed by atoms with Crippen molar-refractivity contribution in [2.75, 3.05) is 5.73 Å². The predicted octanol–water partition coefficient (Wildman–Crippen LogP) is 1.11. The maximum absolute atomic E-state index is 12.1. The molecule has 0 aliphatic carbocycles. The molecule has 0 atom stereocenters. The number of amides is 1. The smallest absolute Gasteiger partial charge is 0.254 e. The molecule has 4 N–H and O–H groups in total. The molecule has 0 bridgehead atoms. The van der Waals surface area contributed by atoms with Gasteiger partial charge in [-0.1, -0.05) is 18.2 Å². The van der Waals surface area contributed by atoms with E-state index in [0.717, 1.165) is 11.3 Å². The Hall–Kier alpha value is -3.09. The summed E-state index contributed by atoms with van der Waals surface area (Å²) >= 11 is 0. The molecule has 3 rings (SSSR count). The Labute approximate surface area is 120 Å². The van der Waals surface area contributed by atoms with Gasteiger partial charge in [0.05, 0.1) is 23.6 Å². The number of aromatic amines is 1. The van der Waals surface area contributed by atoms with Gasteiger partial charge in [-0.2, -0.15) is 10.2 Å². The molecule has 106 valence electrons. The van der Waals surface area contributed by atoms with Crippen LogP contribution in [0.25, 0.3) is 5.69 Å². The van der Waals surface area contributed by atoms with Crippen LogP contribution in [0.5, 0.6) is 0 Å². The molecule has 1 aromatic carbocycles.